The Morgan fingerprint density at radius 1 is 1.14 bits per heavy atom. The fourth-order valence-corrected chi connectivity index (χ4v) is 3.85. The van der Waals surface area contributed by atoms with Gasteiger partial charge >= 0.3 is 6.18 Å². The number of nitrogens with zero attached hydrogens (tertiary/aromatic N) is 1. The fraction of sp³-hybridized carbons (Fsp3) is 0.600. The number of hydrogen-bond donors (Lipinski definition) is 0. The van der Waals surface area contributed by atoms with Crippen LogP contribution in [0.5, 0.6) is 0 Å². The number of hydrogen-bond acceptors (Lipinski definition) is 2. The van der Waals surface area contributed by atoms with Gasteiger partial charge in [0.1, 0.15) is 0 Å². The smallest absolute Gasteiger partial charge is 0.207 e. The second kappa shape index (κ2) is 6.58. The van der Waals surface area contributed by atoms with Gasteiger partial charge in [0.25, 0.3) is 0 Å². The molecule has 126 valence electrons. The topological polar surface area (TPSA) is 37.4 Å². The molecule has 0 aliphatic heterocycles. The lowest BCUT2D eigenvalue weighted by Gasteiger charge is -2.29. The molecular weight excluding hydrogens is 315 g/mol. The third-order valence-electron chi connectivity index (χ3n) is 2.92. The molecule has 0 N–H and O–H groups in total. The molecule has 0 unspecified atom stereocenters. The predicted octanol–water partition coefficient (Wildman–Crippen LogP) is 4.15. The Morgan fingerprint density at radius 2 is 1.73 bits per heavy atom. The molecule has 1 aromatic rings. The average Bonchev–Trinajstić information content (AvgIpc) is 2.36. The van der Waals surface area contributed by atoms with E-state index >= 15 is 0 Å². The van der Waals surface area contributed by atoms with Crippen molar-refractivity contribution in [1.29, 1.82) is 0 Å². The van der Waals surface area contributed by atoms with Crippen LogP contribution in [0.2, 0.25) is 0 Å². The van der Waals surface area contributed by atoms with Gasteiger partial charge in [-0.1, -0.05) is 33.8 Å². The molecule has 0 saturated carbocycles. The van der Waals surface area contributed by atoms with E-state index in [2.05, 4.69) is 0 Å². The van der Waals surface area contributed by atoms with Crippen molar-refractivity contribution in [2.24, 2.45) is 5.41 Å². The van der Waals surface area contributed by atoms with Gasteiger partial charge in [0.2, 0.25) is 10.0 Å². The maximum Gasteiger partial charge on any atom is 0.416 e. The highest BCUT2D eigenvalue weighted by Gasteiger charge is 2.33. The molecular formula is C15H22F3NO2S. The van der Waals surface area contributed by atoms with Gasteiger partial charge in [-0.3, -0.25) is 0 Å². The van der Waals surface area contributed by atoms with Crippen LogP contribution in [0.4, 0.5) is 13.2 Å². The van der Waals surface area contributed by atoms with Crippen LogP contribution in [0.25, 0.3) is 0 Å². The summed E-state index contributed by atoms with van der Waals surface area (Å²) in [6.07, 6.45) is -3.97. The highest BCUT2D eigenvalue weighted by molar-refractivity contribution is 7.89. The monoisotopic (exact) mass is 337 g/mol. The minimum absolute atomic E-state index is 0.249. The Hall–Kier alpha value is -1.08. The molecule has 1 rings (SSSR count). The second-order valence-corrected chi connectivity index (χ2v) is 8.36. The molecule has 0 fully saturated rings. The van der Waals surface area contributed by atoms with Gasteiger partial charge < -0.3 is 0 Å². The van der Waals surface area contributed by atoms with E-state index in [1.165, 1.54) is 10.4 Å². The normalized spacial score (nSPS) is 13.6. The Labute approximate surface area is 130 Å². The molecule has 0 spiro atoms. The largest absolute Gasteiger partial charge is 0.416 e. The number of alkyl halides is 3. The van der Waals surface area contributed by atoms with Crippen LogP contribution < -0.4 is 0 Å². The van der Waals surface area contributed by atoms with Crippen molar-refractivity contribution in [1.82, 2.24) is 4.31 Å². The van der Waals surface area contributed by atoms with E-state index in [1.807, 2.05) is 27.7 Å². The summed E-state index contributed by atoms with van der Waals surface area (Å²) >= 11 is 0. The molecule has 3 nitrogen and oxygen atoms in total. The van der Waals surface area contributed by atoms with Gasteiger partial charge in [-0.15, -0.1) is 0 Å². The van der Waals surface area contributed by atoms with Crippen LogP contribution in [0.1, 0.15) is 39.7 Å². The van der Waals surface area contributed by atoms with E-state index in [4.69, 9.17) is 0 Å². The molecule has 22 heavy (non-hydrogen) atoms. The minimum atomic E-state index is -4.56. The number of halogens is 3. The summed E-state index contributed by atoms with van der Waals surface area (Å²) in [5.74, 6) is 0. The zero-order valence-corrected chi connectivity index (χ0v) is 14.1. The summed E-state index contributed by atoms with van der Waals surface area (Å²) in [4.78, 5) is -0.319. The third kappa shape index (κ3) is 4.98. The van der Waals surface area contributed by atoms with E-state index in [9.17, 15) is 21.6 Å². The average molecular weight is 337 g/mol. The Morgan fingerprint density at radius 3 is 2.18 bits per heavy atom. The molecule has 0 atom stereocenters. The minimum Gasteiger partial charge on any atom is -0.207 e. The Bertz CT molecular complexity index is 604. The molecule has 7 heteroatoms. The van der Waals surface area contributed by atoms with Crippen LogP contribution in [0, 0.1) is 5.41 Å². The highest BCUT2D eigenvalue weighted by atomic mass is 32.2. The Balaban J connectivity index is 3.26. The molecule has 0 amide bonds. The van der Waals surface area contributed by atoms with E-state index in [0.717, 1.165) is 12.1 Å². The van der Waals surface area contributed by atoms with E-state index < -0.39 is 21.8 Å². The van der Waals surface area contributed by atoms with Gasteiger partial charge in [0.05, 0.1) is 10.5 Å². The van der Waals surface area contributed by atoms with E-state index in [0.29, 0.717) is 12.5 Å². The van der Waals surface area contributed by atoms with Crippen molar-refractivity contribution in [2.45, 2.75) is 45.2 Å². The third-order valence-corrected chi connectivity index (χ3v) is 4.76. The highest BCUT2D eigenvalue weighted by Crippen LogP contribution is 2.31. The summed E-state index contributed by atoms with van der Waals surface area (Å²) in [6.45, 7) is 8.01. The molecule has 0 aliphatic carbocycles. The molecule has 0 aliphatic rings. The number of sulfonamides is 1. The van der Waals surface area contributed by atoms with Crippen LogP contribution >= 0.6 is 0 Å². The fourth-order valence-electron chi connectivity index (χ4n) is 2.04. The van der Waals surface area contributed by atoms with Crippen molar-refractivity contribution >= 4 is 10.0 Å². The van der Waals surface area contributed by atoms with Gasteiger partial charge in [-0.05, 0) is 30.0 Å². The molecule has 0 heterocycles. The predicted molar refractivity (Wildman–Crippen MR) is 79.9 cm³/mol. The van der Waals surface area contributed by atoms with Crippen molar-refractivity contribution < 1.29 is 21.6 Å². The zero-order chi connectivity index (χ0) is 17.2. The first-order valence-electron chi connectivity index (χ1n) is 7.05. The molecule has 0 saturated heterocycles. The summed E-state index contributed by atoms with van der Waals surface area (Å²) in [6, 6.07) is 3.89. The number of rotatable bonds is 5. The summed E-state index contributed by atoms with van der Waals surface area (Å²) in [5.41, 5.74) is -1.25. The summed E-state index contributed by atoms with van der Waals surface area (Å²) in [5, 5.41) is 0. The van der Waals surface area contributed by atoms with Crippen LogP contribution in [0.3, 0.4) is 0 Å². The van der Waals surface area contributed by atoms with Crippen molar-refractivity contribution in [2.75, 3.05) is 13.1 Å². The van der Waals surface area contributed by atoms with Gasteiger partial charge in [0, 0.05) is 13.1 Å². The first kappa shape index (κ1) is 19.0. The van der Waals surface area contributed by atoms with E-state index in [1.54, 1.807) is 0 Å². The lowest BCUT2D eigenvalue weighted by molar-refractivity contribution is -0.137. The van der Waals surface area contributed by atoms with Crippen LogP contribution in [-0.2, 0) is 16.2 Å². The SMILES string of the molecule is CCCN(CC(C)(C)C)S(=O)(=O)c1cccc(C(F)(F)F)c1. The Kier molecular flexibility index (Phi) is 5.67. The van der Waals surface area contributed by atoms with Crippen LogP contribution in [0.15, 0.2) is 29.2 Å². The maximum atomic E-state index is 12.8. The molecule has 1 aromatic carbocycles. The van der Waals surface area contributed by atoms with Gasteiger partial charge in [-0.2, -0.15) is 17.5 Å². The zero-order valence-electron chi connectivity index (χ0n) is 13.2. The first-order chi connectivity index (χ1) is 9.88. The van der Waals surface area contributed by atoms with Crippen molar-refractivity contribution in [3.63, 3.8) is 0 Å². The molecule has 0 bridgehead atoms. The van der Waals surface area contributed by atoms with Crippen LogP contribution in [-0.4, -0.2) is 25.8 Å². The van der Waals surface area contributed by atoms with Gasteiger partial charge in [0.15, 0.2) is 0 Å². The lowest BCUT2D eigenvalue weighted by Crippen LogP contribution is -2.38. The lowest BCUT2D eigenvalue weighted by atomic mass is 9.97. The summed E-state index contributed by atoms with van der Waals surface area (Å²) < 4.78 is 64.8. The van der Waals surface area contributed by atoms with E-state index in [-0.39, 0.29) is 23.4 Å². The van der Waals surface area contributed by atoms with Crippen molar-refractivity contribution in [3.05, 3.63) is 29.8 Å². The second-order valence-electron chi connectivity index (χ2n) is 6.42. The summed E-state index contributed by atoms with van der Waals surface area (Å²) in [7, 11) is -3.95. The standard InChI is InChI=1S/C15H22F3NO2S/c1-5-9-19(11-14(2,3)4)22(20,21)13-8-6-7-12(10-13)15(16,17)18/h6-8,10H,5,9,11H2,1-4H3. The quantitative estimate of drug-likeness (QED) is 0.809. The molecule has 0 aromatic heterocycles. The molecule has 0 radical (unpaired) electrons. The van der Waals surface area contributed by atoms with Gasteiger partial charge in [-0.25, -0.2) is 8.42 Å². The first-order valence-corrected chi connectivity index (χ1v) is 8.49. The maximum absolute atomic E-state index is 12.8. The van der Waals surface area contributed by atoms with Crippen molar-refractivity contribution in [3.8, 4) is 0 Å². The number of benzene rings is 1.